The smallest absolute Gasteiger partial charge is 0.348 e. The van der Waals surface area contributed by atoms with Gasteiger partial charge in [0.2, 0.25) is 5.78 Å². The Balaban J connectivity index is 2.82. The third kappa shape index (κ3) is 0.624. The Morgan fingerprint density at radius 1 is 1.67 bits per heavy atom. The van der Waals surface area contributed by atoms with Crippen molar-refractivity contribution in [1.82, 2.24) is 5.32 Å². The minimum absolute atomic E-state index is 0.299. The maximum atomic E-state index is 12.1. The van der Waals surface area contributed by atoms with Gasteiger partial charge < -0.3 is 5.32 Å². The van der Waals surface area contributed by atoms with Crippen LogP contribution in [0.2, 0.25) is 0 Å². The van der Waals surface area contributed by atoms with Gasteiger partial charge in [0.1, 0.15) is 0 Å². The molecule has 0 atom stereocenters. The maximum absolute atomic E-state index is 12.1. The zero-order chi connectivity index (χ0) is 7.07. The van der Waals surface area contributed by atoms with Crippen LogP contribution in [-0.4, -0.2) is 18.8 Å². The van der Waals surface area contributed by atoms with Gasteiger partial charge >= 0.3 is 5.92 Å². The van der Waals surface area contributed by atoms with Crippen molar-refractivity contribution < 1.29 is 13.6 Å². The third-order valence-electron chi connectivity index (χ3n) is 1.19. The second-order valence-corrected chi connectivity index (χ2v) is 1.75. The highest BCUT2D eigenvalue weighted by Gasteiger charge is 2.49. The fourth-order valence-corrected chi connectivity index (χ4v) is 0.597. The van der Waals surface area contributed by atoms with Crippen molar-refractivity contribution in [2.24, 2.45) is 0 Å². The maximum Gasteiger partial charge on any atom is 0.348 e. The number of carbonyl (C=O) groups is 1. The largest absolute Gasteiger partial charge is 0.386 e. The summed E-state index contributed by atoms with van der Waals surface area (Å²) in [6.07, 6.45) is 0.889. The topological polar surface area (TPSA) is 29.1 Å². The molecule has 0 saturated carbocycles. The minimum atomic E-state index is -3.24. The minimum Gasteiger partial charge on any atom is -0.386 e. The predicted molar refractivity (Wildman–Crippen MR) is 27.1 cm³/mol. The quantitative estimate of drug-likeness (QED) is 0.557. The molecule has 0 fully saturated rings. The van der Waals surface area contributed by atoms with Gasteiger partial charge in [-0.25, -0.2) is 0 Å². The Hall–Kier alpha value is -0.930. The highest BCUT2D eigenvalue weighted by Crippen LogP contribution is 2.31. The highest BCUT2D eigenvalue weighted by molar-refractivity contribution is 6.05. The second-order valence-electron chi connectivity index (χ2n) is 1.75. The summed E-state index contributed by atoms with van der Waals surface area (Å²) in [6.45, 7) is 0. The predicted octanol–water partition coefficient (Wildman–Crippen LogP) is 0.308. The number of nitrogens with one attached hydrogen (secondary N) is 1. The van der Waals surface area contributed by atoms with Gasteiger partial charge in [0.25, 0.3) is 0 Å². The van der Waals surface area contributed by atoms with Gasteiger partial charge in [-0.05, 0) is 0 Å². The molecule has 0 spiro atoms. The van der Waals surface area contributed by atoms with Crippen LogP contribution in [0.15, 0.2) is 11.8 Å². The molecule has 4 heteroatoms. The summed E-state index contributed by atoms with van der Waals surface area (Å²) in [5.74, 6) is -4.36. The Labute approximate surface area is 50.5 Å². The first kappa shape index (κ1) is 6.19. The number of ketones is 1. The van der Waals surface area contributed by atoms with Crippen LogP contribution in [0.3, 0.4) is 0 Å². The van der Waals surface area contributed by atoms with Crippen molar-refractivity contribution >= 4 is 5.78 Å². The first-order chi connectivity index (χ1) is 4.09. The van der Waals surface area contributed by atoms with Crippen molar-refractivity contribution in [2.45, 2.75) is 5.92 Å². The van der Waals surface area contributed by atoms with Crippen molar-refractivity contribution in [3.05, 3.63) is 11.8 Å². The Morgan fingerprint density at radius 2 is 2.22 bits per heavy atom. The molecule has 1 N–H and O–H groups in total. The number of carbonyl (C=O) groups excluding carboxylic acids is 1. The van der Waals surface area contributed by atoms with Crippen LogP contribution >= 0.6 is 0 Å². The highest BCUT2D eigenvalue weighted by atomic mass is 19.3. The Bertz CT molecular complexity index is 185. The standard InChI is InChI=1S/C5H5F2NO/c1-8-3-2-4(9)5(3,6)7/h2,8H,1H3. The molecule has 0 aromatic heterocycles. The molecule has 9 heavy (non-hydrogen) atoms. The summed E-state index contributed by atoms with van der Waals surface area (Å²) in [5.41, 5.74) is -0.299. The molecule has 0 aliphatic heterocycles. The molecule has 0 heterocycles. The summed E-state index contributed by atoms with van der Waals surface area (Å²) in [7, 11) is 1.35. The number of hydrogen-bond acceptors (Lipinski definition) is 2. The van der Waals surface area contributed by atoms with E-state index in [1.54, 1.807) is 0 Å². The number of halogens is 2. The number of allylic oxidation sites excluding steroid dienone is 2. The van der Waals surface area contributed by atoms with Crippen LogP contribution in [0.25, 0.3) is 0 Å². The summed E-state index contributed by atoms with van der Waals surface area (Å²) >= 11 is 0. The van der Waals surface area contributed by atoms with E-state index in [2.05, 4.69) is 5.32 Å². The van der Waals surface area contributed by atoms with Crippen LogP contribution < -0.4 is 5.32 Å². The van der Waals surface area contributed by atoms with E-state index < -0.39 is 11.7 Å². The monoisotopic (exact) mass is 133 g/mol. The molecule has 1 aliphatic rings. The van der Waals surface area contributed by atoms with Gasteiger partial charge in [0.15, 0.2) is 0 Å². The van der Waals surface area contributed by atoms with Gasteiger partial charge in [0, 0.05) is 13.1 Å². The Kier molecular flexibility index (Phi) is 1.05. The fraction of sp³-hybridized carbons (Fsp3) is 0.400. The lowest BCUT2D eigenvalue weighted by Crippen LogP contribution is -2.43. The third-order valence-corrected chi connectivity index (χ3v) is 1.19. The van der Waals surface area contributed by atoms with Crippen molar-refractivity contribution in [1.29, 1.82) is 0 Å². The summed E-state index contributed by atoms with van der Waals surface area (Å²) < 4.78 is 24.2. The van der Waals surface area contributed by atoms with Gasteiger partial charge in [-0.2, -0.15) is 8.78 Å². The molecule has 2 nitrogen and oxygen atoms in total. The first-order valence-electron chi connectivity index (χ1n) is 2.41. The molecule has 1 aliphatic carbocycles. The molecule has 50 valence electrons. The van der Waals surface area contributed by atoms with Gasteiger partial charge in [-0.3, -0.25) is 4.79 Å². The van der Waals surface area contributed by atoms with Gasteiger partial charge in [-0.15, -0.1) is 0 Å². The van der Waals surface area contributed by atoms with Crippen molar-refractivity contribution in [3.63, 3.8) is 0 Å². The summed E-state index contributed by atoms with van der Waals surface area (Å²) in [5, 5.41) is 2.21. The molecule has 0 bridgehead atoms. The van der Waals surface area contributed by atoms with Gasteiger partial charge in [-0.1, -0.05) is 0 Å². The molecule has 0 radical (unpaired) electrons. The summed E-state index contributed by atoms with van der Waals surface area (Å²) in [4.78, 5) is 10.1. The lowest BCUT2D eigenvalue weighted by atomic mass is 9.99. The van der Waals surface area contributed by atoms with E-state index >= 15 is 0 Å². The van der Waals surface area contributed by atoms with Crippen LogP contribution in [0.1, 0.15) is 0 Å². The molecule has 0 aromatic rings. The van der Waals surface area contributed by atoms with E-state index in [9.17, 15) is 13.6 Å². The van der Waals surface area contributed by atoms with Crippen LogP contribution in [0, 0.1) is 0 Å². The lowest BCUT2D eigenvalue weighted by Gasteiger charge is -2.23. The first-order valence-corrected chi connectivity index (χ1v) is 2.41. The average Bonchev–Trinajstić information content (AvgIpc) is 1.82. The molecule has 0 aromatic carbocycles. The van der Waals surface area contributed by atoms with E-state index in [0.717, 1.165) is 6.08 Å². The van der Waals surface area contributed by atoms with Crippen LogP contribution in [-0.2, 0) is 4.79 Å². The number of alkyl halides is 2. The van der Waals surface area contributed by atoms with Gasteiger partial charge in [0.05, 0.1) is 5.70 Å². The zero-order valence-corrected chi connectivity index (χ0v) is 4.74. The van der Waals surface area contributed by atoms with Crippen LogP contribution in [0.4, 0.5) is 8.78 Å². The number of rotatable bonds is 1. The second kappa shape index (κ2) is 1.52. The SMILES string of the molecule is CNC1=CC(=O)C1(F)F. The average molecular weight is 133 g/mol. The van der Waals surface area contributed by atoms with E-state index in [1.165, 1.54) is 7.05 Å². The van der Waals surface area contributed by atoms with Crippen molar-refractivity contribution in [2.75, 3.05) is 7.05 Å². The molecule has 0 saturated heterocycles. The lowest BCUT2D eigenvalue weighted by molar-refractivity contribution is -0.137. The molecule has 0 unspecified atom stereocenters. The normalized spacial score (nSPS) is 22.6. The Morgan fingerprint density at radius 3 is 2.33 bits per heavy atom. The van der Waals surface area contributed by atoms with Crippen molar-refractivity contribution in [3.8, 4) is 0 Å². The molecular formula is C5H5F2NO. The molecule has 0 amide bonds. The van der Waals surface area contributed by atoms with E-state index in [4.69, 9.17) is 0 Å². The van der Waals surface area contributed by atoms with E-state index in [1.807, 2.05) is 0 Å². The number of hydrogen-bond donors (Lipinski definition) is 1. The molecule has 1 rings (SSSR count). The summed E-state index contributed by atoms with van der Waals surface area (Å²) in [6, 6.07) is 0. The van der Waals surface area contributed by atoms with E-state index in [-0.39, 0.29) is 5.70 Å². The van der Waals surface area contributed by atoms with E-state index in [0.29, 0.717) is 0 Å². The van der Waals surface area contributed by atoms with Crippen LogP contribution in [0.5, 0.6) is 0 Å². The molecular weight excluding hydrogens is 128 g/mol. The fourth-order valence-electron chi connectivity index (χ4n) is 0.597. The zero-order valence-electron chi connectivity index (χ0n) is 4.74.